The Morgan fingerprint density at radius 2 is 1.71 bits per heavy atom. The molecule has 1 aliphatic carbocycles. The maximum Gasteiger partial charge on any atom is 0.163 e. The number of fused-ring (bicyclic) bond motifs is 1. The van der Waals surface area contributed by atoms with Crippen molar-refractivity contribution in [1.29, 1.82) is 0 Å². The SMILES string of the molecule is O=C1C[C@H](c2ccccc2Cl)CC2=C1[C@@H](c1ccco1)Nc1ccccc1N2. The van der Waals surface area contributed by atoms with E-state index in [4.69, 9.17) is 16.0 Å². The Labute approximate surface area is 168 Å². The molecule has 1 aliphatic heterocycles. The fourth-order valence-corrected chi connectivity index (χ4v) is 4.48. The summed E-state index contributed by atoms with van der Waals surface area (Å²) in [5.74, 6) is 0.894. The zero-order valence-corrected chi connectivity index (χ0v) is 15.9. The summed E-state index contributed by atoms with van der Waals surface area (Å²) in [4.78, 5) is 13.3. The standard InChI is InChI=1S/C23H19ClN2O2/c24-16-7-2-1-6-15(16)14-12-19-22(20(27)13-14)23(21-10-5-11-28-21)26-18-9-4-3-8-17(18)25-19/h1-11,14,23,25-26H,12-13H2/t14-,23-/m1/s1. The van der Waals surface area contributed by atoms with Crippen molar-refractivity contribution < 1.29 is 9.21 Å². The smallest absolute Gasteiger partial charge is 0.163 e. The van der Waals surface area contributed by atoms with Gasteiger partial charge in [-0.15, -0.1) is 0 Å². The van der Waals surface area contributed by atoms with Crippen molar-refractivity contribution in [3.63, 3.8) is 0 Å². The first-order chi connectivity index (χ1) is 13.7. The summed E-state index contributed by atoms with van der Waals surface area (Å²) in [5, 5.41) is 7.72. The summed E-state index contributed by atoms with van der Waals surface area (Å²) in [6.45, 7) is 0. The average Bonchev–Trinajstić information content (AvgIpc) is 3.17. The van der Waals surface area contributed by atoms with Crippen LogP contribution in [0, 0.1) is 0 Å². The van der Waals surface area contributed by atoms with E-state index in [2.05, 4.69) is 10.6 Å². The lowest BCUT2D eigenvalue weighted by Crippen LogP contribution is -2.26. The lowest BCUT2D eigenvalue weighted by Gasteiger charge is -2.29. The molecule has 5 rings (SSSR count). The highest BCUT2D eigenvalue weighted by molar-refractivity contribution is 6.31. The van der Waals surface area contributed by atoms with Crippen LogP contribution in [0.3, 0.4) is 0 Å². The Morgan fingerprint density at radius 3 is 2.50 bits per heavy atom. The number of benzene rings is 2. The molecule has 5 heteroatoms. The van der Waals surface area contributed by atoms with Crippen LogP contribution < -0.4 is 10.6 Å². The molecule has 0 amide bonds. The number of hydrogen-bond donors (Lipinski definition) is 2. The fourth-order valence-electron chi connectivity index (χ4n) is 4.19. The van der Waals surface area contributed by atoms with Crippen molar-refractivity contribution >= 4 is 28.8 Å². The van der Waals surface area contributed by atoms with Gasteiger partial charge in [0.2, 0.25) is 0 Å². The van der Waals surface area contributed by atoms with Gasteiger partial charge in [-0.25, -0.2) is 0 Å². The number of carbonyl (C=O) groups excluding carboxylic acids is 1. The number of carbonyl (C=O) groups is 1. The summed E-state index contributed by atoms with van der Waals surface area (Å²) < 4.78 is 5.67. The van der Waals surface area contributed by atoms with Gasteiger partial charge in [0, 0.05) is 22.7 Å². The summed E-state index contributed by atoms with van der Waals surface area (Å²) in [5.41, 5.74) is 4.59. The van der Waals surface area contributed by atoms with Crippen LogP contribution in [0.15, 0.2) is 82.6 Å². The van der Waals surface area contributed by atoms with E-state index >= 15 is 0 Å². The third kappa shape index (κ3) is 2.90. The zero-order valence-electron chi connectivity index (χ0n) is 15.1. The molecule has 0 saturated heterocycles. The fraction of sp³-hybridized carbons (Fsp3) is 0.174. The first kappa shape index (κ1) is 17.1. The molecular formula is C23H19ClN2O2. The third-order valence-corrected chi connectivity index (χ3v) is 5.83. The Kier molecular flexibility index (Phi) is 4.21. The highest BCUT2D eigenvalue weighted by atomic mass is 35.5. The molecule has 3 aromatic rings. The molecule has 2 atom stereocenters. The number of ketones is 1. The van der Waals surface area contributed by atoms with Crippen molar-refractivity contribution in [2.45, 2.75) is 24.8 Å². The lowest BCUT2D eigenvalue weighted by molar-refractivity contribution is -0.116. The monoisotopic (exact) mass is 390 g/mol. The van der Waals surface area contributed by atoms with Gasteiger partial charge in [-0.3, -0.25) is 4.79 Å². The van der Waals surface area contributed by atoms with Crippen molar-refractivity contribution in [3.05, 3.63) is 94.5 Å². The summed E-state index contributed by atoms with van der Waals surface area (Å²) in [6, 6.07) is 19.2. The molecule has 0 unspecified atom stereocenters. The number of allylic oxidation sites excluding steroid dienone is 1. The Morgan fingerprint density at radius 1 is 0.929 bits per heavy atom. The topological polar surface area (TPSA) is 54.3 Å². The van der Waals surface area contributed by atoms with E-state index < -0.39 is 0 Å². The molecule has 2 heterocycles. The molecule has 0 radical (unpaired) electrons. The predicted molar refractivity (Wildman–Crippen MR) is 111 cm³/mol. The molecule has 0 bridgehead atoms. The van der Waals surface area contributed by atoms with Crippen molar-refractivity contribution in [3.8, 4) is 0 Å². The minimum Gasteiger partial charge on any atom is -0.467 e. The Hall–Kier alpha value is -2.98. The van der Waals surface area contributed by atoms with Crippen LogP contribution in [0.5, 0.6) is 0 Å². The van der Waals surface area contributed by atoms with Gasteiger partial charge in [-0.05, 0) is 48.2 Å². The van der Waals surface area contributed by atoms with Crippen molar-refractivity contribution in [2.75, 3.05) is 10.6 Å². The Bertz CT molecular complexity index is 1070. The molecule has 0 spiro atoms. The highest BCUT2D eigenvalue weighted by Crippen LogP contribution is 2.45. The van der Waals surface area contributed by atoms with Gasteiger partial charge in [0.1, 0.15) is 11.8 Å². The summed E-state index contributed by atoms with van der Waals surface area (Å²) >= 11 is 6.43. The number of para-hydroxylation sites is 2. The Balaban J connectivity index is 1.62. The maximum absolute atomic E-state index is 13.3. The number of nitrogens with one attached hydrogen (secondary N) is 2. The highest BCUT2D eigenvalue weighted by Gasteiger charge is 2.37. The quantitative estimate of drug-likeness (QED) is 0.570. The van der Waals surface area contributed by atoms with Crippen LogP contribution in [0.25, 0.3) is 0 Å². The third-order valence-electron chi connectivity index (χ3n) is 5.48. The average molecular weight is 391 g/mol. The second-order valence-corrected chi connectivity index (χ2v) is 7.61. The second kappa shape index (κ2) is 6.88. The van der Waals surface area contributed by atoms with Gasteiger partial charge >= 0.3 is 0 Å². The molecule has 2 N–H and O–H groups in total. The van der Waals surface area contributed by atoms with E-state index in [1.165, 1.54) is 0 Å². The molecule has 2 aliphatic rings. The number of anilines is 2. The van der Waals surface area contributed by atoms with Crippen LogP contribution in [0.4, 0.5) is 11.4 Å². The van der Waals surface area contributed by atoms with E-state index in [1.807, 2.05) is 60.7 Å². The number of halogens is 1. The van der Waals surface area contributed by atoms with E-state index in [1.54, 1.807) is 6.26 Å². The van der Waals surface area contributed by atoms with Gasteiger partial charge in [0.15, 0.2) is 5.78 Å². The molecular weight excluding hydrogens is 372 g/mol. The van der Waals surface area contributed by atoms with E-state index in [0.717, 1.165) is 40.4 Å². The van der Waals surface area contributed by atoms with Gasteiger partial charge in [-0.1, -0.05) is 41.9 Å². The molecule has 0 saturated carbocycles. The first-order valence-corrected chi connectivity index (χ1v) is 9.75. The molecule has 4 nitrogen and oxygen atoms in total. The summed E-state index contributed by atoms with van der Waals surface area (Å²) in [6.07, 6.45) is 2.79. The van der Waals surface area contributed by atoms with Crippen LogP contribution >= 0.6 is 11.6 Å². The molecule has 140 valence electrons. The second-order valence-electron chi connectivity index (χ2n) is 7.21. The molecule has 28 heavy (non-hydrogen) atoms. The number of rotatable bonds is 2. The van der Waals surface area contributed by atoms with Gasteiger partial charge < -0.3 is 15.1 Å². The van der Waals surface area contributed by atoms with Crippen LogP contribution in [-0.4, -0.2) is 5.78 Å². The van der Waals surface area contributed by atoms with E-state index in [0.29, 0.717) is 11.4 Å². The van der Waals surface area contributed by atoms with Crippen LogP contribution in [-0.2, 0) is 4.79 Å². The summed E-state index contributed by atoms with van der Waals surface area (Å²) in [7, 11) is 0. The van der Waals surface area contributed by atoms with Crippen LogP contribution in [0.2, 0.25) is 5.02 Å². The van der Waals surface area contributed by atoms with Gasteiger partial charge in [-0.2, -0.15) is 0 Å². The van der Waals surface area contributed by atoms with Crippen molar-refractivity contribution in [2.24, 2.45) is 0 Å². The van der Waals surface area contributed by atoms with Crippen molar-refractivity contribution in [1.82, 2.24) is 0 Å². The molecule has 0 fully saturated rings. The largest absolute Gasteiger partial charge is 0.467 e. The van der Waals surface area contributed by atoms with E-state index in [-0.39, 0.29) is 17.7 Å². The number of furan rings is 1. The predicted octanol–water partition coefficient (Wildman–Crippen LogP) is 5.91. The molecule has 2 aromatic carbocycles. The normalized spacial score (nSPS) is 21.2. The van der Waals surface area contributed by atoms with Crippen LogP contribution in [0.1, 0.15) is 36.1 Å². The number of Topliss-reactive ketones (excluding diaryl/α,β-unsaturated/α-hetero) is 1. The zero-order chi connectivity index (χ0) is 19.1. The van der Waals surface area contributed by atoms with Gasteiger partial charge in [0.05, 0.1) is 17.6 Å². The first-order valence-electron chi connectivity index (χ1n) is 9.37. The maximum atomic E-state index is 13.3. The lowest BCUT2D eigenvalue weighted by atomic mass is 9.79. The van der Waals surface area contributed by atoms with E-state index in [9.17, 15) is 4.79 Å². The van der Waals surface area contributed by atoms with Gasteiger partial charge in [0.25, 0.3) is 0 Å². The minimum absolute atomic E-state index is 0.0509. The minimum atomic E-state index is -0.319. The molecule has 1 aromatic heterocycles. The number of hydrogen-bond acceptors (Lipinski definition) is 4.